The highest BCUT2D eigenvalue weighted by molar-refractivity contribution is 6.11. The second-order valence-electron chi connectivity index (χ2n) is 12.0. The molecule has 1 aliphatic rings. The van der Waals surface area contributed by atoms with E-state index in [1.54, 1.807) is 0 Å². The third-order valence-electron chi connectivity index (χ3n) is 5.75. The molecule has 2 aromatic heterocycles. The first kappa shape index (κ1) is 31.8. The predicted molar refractivity (Wildman–Crippen MR) is 141 cm³/mol. The number of hydrogen-bond acceptors (Lipinski definition) is 10. The number of alkyl halides is 6. The zero-order chi connectivity index (χ0) is 35.2. The number of carbonyl (C=O) groups excluding carboxylic acids is 2. The first-order valence-corrected chi connectivity index (χ1v) is 13.3. The Hall–Kier alpha value is -3.63. The van der Waals surface area contributed by atoms with E-state index in [4.69, 9.17) is 21.4 Å². The summed E-state index contributed by atoms with van der Waals surface area (Å²) >= 11 is 0. The highest BCUT2D eigenvalue weighted by Crippen LogP contribution is 2.46. The summed E-state index contributed by atoms with van der Waals surface area (Å²) in [6.45, 7) is 9.66. The molecule has 3 rings (SSSR count). The first-order valence-electron chi connectivity index (χ1n) is 14.4. The van der Waals surface area contributed by atoms with Crippen molar-refractivity contribution in [2.75, 3.05) is 4.90 Å². The van der Waals surface area contributed by atoms with Crippen LogP contribution in [0.1, 0.15) is 94.7 Å². The quantitative estimate of drug-likeness (QED) is 0.315. The number of aromatic nitrogens is 3. The number of imide groups is 1. The average Bonchev–Trinajstić information content (AvgIpc) is 3.34. The van der Waals surface area contributed by atoms with E-state index >= 15 is 0 Å². The minimum absolute atomic E-state index is 0.0365. The van der Waals surface area contributed by atoms with Crippen LogP contribution in [0.4, 0.5) is 41.6 Å². The smallest absolute Gasteiger partial charge is 0.426 e. The molecule has 0 aliphatic carbocycles. The summed E-state index contributed by atoms with van der Waals surface area (Å²) in [7, 11) is 0. The highest BCUT2D eigenvalue weighted by Gasteiger charge is 2.58. The maximum Gasteiger partial charge on any atom is 0.426 e. The van der Waals surface area contributed by atoms with E-state index in [1.165, 1.54) is 48.5 Å². The third-order valence-corrected chi connectivity index (χ3v) is 5.75. The standard InChI is InChI=1S/C27H34F6N4O7/c1-14-11-9-8-10-12-25(40,27(31,32)33)20-36-35-19(42-20)17-16(13-15(26(28,29)30)18(34-17)41-14)37(21(38)43-23(2,3)4)22(39)44-24(5,6)7/h13-14,40H,8-12H2,1-7H3/t14-,25-/m1/s1/i8D,10D/t8?,10?,14-,25-. The van der Waals surface area contributed by atoms with Crippen LogP contribution < -0.4 is 9.64 Å². The van der Waals surface area contributed by atoms with E-state index in [0.29, 0.717) is 0 Å². The summed E-state index contributed by atoms with van der Waals surface area (Å²) in [5, 5.41) is 17.5. The average molecular weight is 643 g/mol. The van der Waals surface area contributed by atoms with Gasteiger partial charge in [-0.15, -0.1) is 10.2 Å². The molecule has 11 nitrogen and oxygen atoms in total. The van der Waals surface area contributed by atoms with Crippen LogP contribution in [-0.4, -0.2) is 56.0 Å². The number of ether oxygens (including phenoxy) is 3. The summed E-state index contributed by atoms with van der Waals surface area (Å²) in [5.41, 5.74) is -10.2. The molecule has 0 radical (unpaired) electrons. The molecule has 0 spiro atoms. The number of halogens is 6. The van der Waals surface area contributed by atoms with Crippen LogP contribution in [0, 0.1) is 0 Å². The SMILES string of the molecule is [2H]C1CC[C@@H](C)Oc2nc(c(N(C(=O)OC(C)(C)C)C(=O)OC(C)(C)C)cc2C(F)(F)F)-c2nnc(o2)[C@@](O)(C(F)(F)F)CC1[2H]. The molecule has 2 amide bonds. The molecule has 0 saturated heterocycles. The van der Waals surface area contributed by atoms with Gasteiger partial charge in [-0.1, -0.05) is 6.40 Å². The van der Waals surface area contributed by atoms with Crippen molar-refractivity contribution in [3.63, 3.8) is 0 Å². The van der Waals surface area contributed by atoms with Crippen molar-refractivity contribution in [3.05, 3.63) is 17.5 Å². The number of hydrogen-bond donors (Lipinski definition) is 1. The fraction of sp³-hybridized carbons (Fsp3) is 0.667. The molecular formula is C27H34F6N4O7. The third kappa shape index (κ3) is 8.09. The van der Waals surface area contributed by atoms with Gasteiger partial charge in [-0.3, -0.25) is 0 Å². The van der Waals surface area contributed by atoms with Crippen molar-refractivity contribution in [2.24, 2.45) is 0 Å². The minimum atomic E-state index is -5.52. The van der Waals surface area contributed by atoms with E-state index in [-0.39, 0.29) is 23.8 Å². The van der Waals surface area contributed by atoms with Crippen molar-refractivity contribution < 1.29 is 62.4 Å². The van der Waals surface area contributed by atoms with Crippen LogP contribution in [-0.2, 0) is 21.3 Å². The van der Waals surface area contributed by atoms with E-state index < -0.39 is 101 Å². The molecule has 0 fully saturated rings. The summed E-state index contributed by atoms with van der Waals surface area (Å²) < 4.78 is 123. The number of carbonyl (C=O) groups is 2. The van der Waals surface area contributed by atoms with Crippen molar-refractivity contribution in [1.82, 2.24) is 15.2 Å². The van der Waals surface area contributed by atoms with Gasteiger partial charge in [-0.05, 0) is 80.2 Å². The summed E-state index contributed by atoms with van der Waals surface area (Å²) in [5.74, 6) is -3.74. The van der Waals surface area contributed by atoms with Gasteiger partial charge in [-0.2, -0.15) is 31.2 Å². The lowest BCUT2D eigenvalue weighted by Gasteiger charge is -2.30. The second kappa shape index (κ2) is 12.0. The number of fused-ring (bicyclic) bond motifs is 5. The monoisotopic (exact) mass is 642 g/mol. The first-order chi connectivity index (χ1) is 20.7. The number of rotatable bonds is 1. The van der Waals surface area contributed by atoms with Crippen molar-refractivity contribution >= 4 is 17.9 Å². The number of aliphatic hydroxyl groups is 1. The van der Waals surface area contributed by atoms with Crippen LogP contribution in [0.5, 0.6) is 5.88 Å². The van der Waals surface area contributed by atoms with Crippen LogP contribution in [0.15, 0.2) is 10.5 Å². The molecule has 1 N–H and O–H groups in total. The van der Waals surface area contributed by atoms with Gasteiger partial charge in [-0.25, -0.2) is 14.6 Å². The van der Waals surface area contributed by atoms with E-state index in [9.17, 15) is 41.0 Å². The Bertz CT molecular complexity index is 1410. The molecular weight excluding hydrogens is 606 g/mol. The Kier molecular flexibility index (Phi) is 8.70. The lowest BCUT2D eigenvalue weighted by Crippen LogP contribution is -2.44. The van der Waals surface area contributed by atoms with E-state index in [0.717, 1.165) is 0 Å². The molecule has 4 atom stereocenters. The van der Waals surface area contributed by atoms with Gasteiger partial charge in [0.25, 0.3) is 11.8 Å². The van der Waals surface area contributed by atoms with Gasteiger partial charge < -0.3 is 23.7 Å². The Morgan fingerprint density at radius 3 is 2.09 bits per heavy atom. The lowest BCUT2D eigenvalue weighted by molar-refractivity contribution is -0.277. The van der Waals surface area contributed by atoms with E-state index in [1.807, 2.05) is 0 Å². The molecule has 4 bridgehead atoms. The van der Waals surface area contributed by atoms with Gasteiger partial charge in [0, 0.05) is 2.74 Å². The van der Waals surface area contributed by atoms with Gasteiger partial charge in [0.15, 0.2) is 5.69 Å². The van der Waals surface area contributed by atoms with Crippen LogP contribution in [0.2, 0.25) is 0 Å². The maximum absolute atomic E-state index is 14.5. The fourth-order valence-corrected chi connectivity index (χ4v) is 3.76. The molecule has 17 heteroatoms. The molecule has 44 heavy (non-hydrogen) atoms. The van der Waals surface area contributed by atoms with Gasteiger partial charge in [0.1, 0.15) is 16.8 Å². The molecule has 2 aromatic rings. The zero-order valence-corrected chi connectivity index (χ0v) is 24.9. The number of amides is 2. The summed E-state index contributed by atoms with van der Waals surface area (Å²) in [6, 6.07) is 0.261. The summed E-state index contributed by atoms with van der Waals surface area (Å²) in [6.07, 6.45) is -20.3. The van der Waals surface area contributed by atoms with Crippen molar-refractivity contribution in [1.29, 1.82) is 0 Å². The molecule has 2 unspecified atom stereocenters. The Morgan fingerprint density at radius 1 is 1.02 bits per heavy atom. The van der Waals surface area contributed by atoms with Crippen molar-refractivity contribution in [2.45, 2.75) is 116 Å². The van der Waals surface area contributed by atoms with Crippen LogP contribution in [0.25, 0.3) is 11.6 Å². The van der Waals surface area contributed by atoms with E-state index in [2.05, 4.69) is 15.2 Å². The lowest BCUT2D eigenvalue weighted by atomic mass is 9.94. The number of pyridine rings is 1. The van der Waals surface area contributed by atoms with Crippen molar-refractivity contribution in [3.8, 4) is 17.5 Å². The number of anilines is 1. The normalized spacial score (nSPS) is 24.3. The van der Waals surface area contributed by atoms with Gasteiger partial charge in [0.05, 0.1) is 11.8 Å². The topological polar surface area (TPSA) is 137 Å². The highest BCUT2D eigenvalue weighted by atomic mass is 19.4. The molecule has 246 valence electrons. The zero-order valence-electron chi connectivity index (χ0n) is 26.9. The Morgan fingerprint density at radius 2 is 1.59 bits per heavy atom. The Labute approximate surface area is 251 Å². The maximum atomic E-state index is 14.5. The van der Waals surface area contributed by atoms with Gasteiger partial charge in [0.2, 0.25) is 11.5 Å². The fourth-order valence-electron chi connectivity index (χ4n) is 3.76. The molecule has 3 heterocycles. The molecule has 0 aromatic carbocycles. The minimum Gasteiger partial charge on any atom is -0.474 e. The second-order valence-corrected chi connectivity index (χ2v) is 12.0. The predicted octanol–water partition coefficient (Wildman–Crippen LogP) is 7.31. The Balaban J connectivity index is 2.44. The number of nitrogens with zero attached hydrogens (tertiary/aromatic N) is 4. The van der Waals surface area contributed by atoms with Gasteiger partial charge >= 0.3 is 24.5 Å². The summed E-state index contributed by atoms with van der Waals surface area (Å²) in [4.78, 5) is 30.6. The molecule has 0 saturated carbocycles. The molecule has 1 aliphatic heterocycles. The van der Waals surface area contributed by atoms with Crippen LogP contribution >= 0.6 is 0 Å². The largest absolute Gasteiger partial charge is 0.474 e. The van der Waals surface area contributed by atoms with Crippen LogP contribution in [0.3, 0.4) is 0 Å².